The molecule has 0 bridgehead atoms. The van der Waals surface area contributed by atoms with Gasteiger partial charge in [0.15, 0.2) is 11.5 Å². The quantitative estimate of drug-likeness (QED) is 0.564. The highest BCUT2D eigenvalue weighted by Gasteiger charge is 2.34. The van der Waals surface area contributed by atoms with Crippen molar-refractivity contribution in [3.05, 3.63) is 64.6 Å². The maximum atomic E-state index is 12.6. The van der Waals surface area contributed by atoms with E-state index in [1.165, 1.54) is 24.3 Å². The molecule has 1 saturated heterocycles. The third-order valence-corrected chi connectivity index (χ3v) is 5.66. The molecule has 0 radical (unpaired) electrons. The van der Waals surface area contributed by atoms with Crippen molar-refractivity contribution in [2.75, 3.05) is 19.9 Å². The summed E-state index contributed by atoms with van der Waals surface area (Å²) in [6.45, 7) is -2.85. The van der Waals surface area contributed by atoms with Gasteiger partial charge < -0.3 is 19.5 Å². The number of nitrogens with one attached hydrogen (secondary N) is 1. The molecule has 8 nitrogen and oxygen atoms in total. The molecule has 11 heteroatoms. The van der Waals surface area contributed by atoms with Crippen molar-refractivity contribution in [3.8, 4) is 17.2 Å². The largest absolute Gasteiger partial charge is 0.454 e. The van der Waals surface area contributed by atoms with Crippen LogP contribution in [-0.2, 0) is 9.59 Å². The number of amides is 3. The number of rotatable bonds is 8. The first-order valence-electron chi connectivity index (χ1n) is 10.1. The van der Waals surface area contributed by atoms with Crippen LogP contribution in [0, 0.1) is 0 Å². The summed E-state index contributed by atoms with van der Waals surface area (Å²) in [5.41, 5.74) is 0.988. The van der Waals surface area contributed by atoms with E-state index >= 15 is 0 Å². The number of para-hydroxylation sites is 1. The van der Waals surface area contributed by atoms with Gasteiger partial charge in [-0.1, -0.05) is 24.3 Å². The summed E-state index contributed by atoms with van der Waals surface area (Å²) in [6.07, 6.45) is 4.08. The van der Waals surface area contributed by atoms with Gasteiger partial charge >= 0.3 is 6.61 Å². The molecule has 0 aliphatic carbocycles. The maximum absolute atomic E-state index is 12.6. The number of benzene rings is 2. The topological polar surface area (TPSA) is 94.2 Å². The molecule has 2 aliphatic heterocycles. The van der Waals surface area contributed by atoms with Gasteiger partial charge in [-0.2, -0.15) is 8.78 Å². The molecule has 34 heavy (non-hydrogen) atoms. The van der Waals surface area contributed by atoms with Crippen LogP contribution < -0.4 is 19.5 Å². The van der Waals surface area contributed by atoms with Gasteiger partial charge in [0.05, 0.1) is 4.91 Å². The Balaban J connectivity index is 1.31. The van der Waals surface area contributed by atoms with Crippen molar-refractivity contribution in [2.24, 2.45) is 0 Å². The minimum atomic E-state index is -2.99. The first-order valence-corrected chi connectivity index (χ1v) is 10.9. The van der Waals surface area contributed by atoms with E-state index in [4.69, 9.17) is 9.47 Å². The van der Waals surface area contributed by atoms with Crippen molar-refractivity contribution >= 4 is 41.0 Å². The zero-order valence-electron chi connectivity index (χ0n) is 17.5. The molecular weight excluding hydrogens is 470 g/mol. The van der Waals surface area contributed by atoms with Crippen LogP contribution in [0.3, 0.4) is 0 Å². The maximum Gasteiger partial charge on any atom is 0.387 e. The predicted octanol–water partition coefficient (Wildman–Crippen LogP) is 3.88. The van der Waals surface area contributed by atoms with Gasteiger partial charge in [0.2, 0.25) is 12.7 Å². The fraction of sp³-hybridized carbons (Fsp3) is 0.174. The smallest absolute Gasteiger partial charge is 0.387 e. The second-order valence-electron chi connectivity index (χ2n) is 6.99. The van der Waals surface area contributed by atoms with Gasteiger partial charge in [-0.3, -0.25) is 19.3 Å². The first-order chi connectivity index (χ1) is 16.4. The van der Waals surface area contributed by atoms with E-state index in [0.29, 0.717) is 22.6 Å². The molecule has 0 unspecified atom stereocenters. The Bertz CT molecular complexity index is 1180. The van der Waals surface area contributed by atoms with E-state index < -0.39 is 23.7 Å². The van der Waals surface area contributed by atoms with Gasteiger partial charge in [0.25, 0.3) is 11.1 Å². The number of carbonyl (C=O) groups excluding carboxylic acids is 3. The fourth-order valence-corrected chi connectivity index (χ4v) is 4.05. The Labute approximate surface area is 197 Å². The van der Waals surface area contributed by atoms with Crippen LogP contribution in [0.1, 0.15) is 11.1 Å². The Morgan fingerprint density at radius 3 is 2.79 bits per heavy atom. The highest BCUT2D eigenvalue weighted by molar-refractivity contribution is 8.18. The lowest BCUT2D eigenvalue weighted by atomic mass is 10.2. The van der Waals surface area contributed by atoms with E-state index in [-0.39, 0.29) is 30.5 Å². The van der Waals surface area contributed by atoms with E-state index in [1.807, 2.05) is 0 Å². The van der Waals surface area contributed by atoms with Crippen molar-refractivity contribution in [2.45, 2.75) is 6.61 Å². The van der Waals surface area contributed by atoms with E-state index in [1.54, 1.807) is 30.3 Å². The van der Waals surface area contributed by atoms with Gasteiger partial charge in [0.1, 0.15) is 5.75 Å². The summed E-state index contributed by atoms with van der Waals surface area (Å²) < 4.78 is 39.9. The highest BCUT2D eigenvalue weighted by atomic mass is 32.2. The number of hydrogen-bond donors (Lipinski definition) is 1. The predicted molar refractivity (Wildman–Crippen MR) is 120 cm³/mol. The van der Waals surface area contributed by atoms with E-state index in [0.717, 1.165) is 22.7 Å². The molecule has 2 aliphatic rings. The first kappa shape index (κ1) is 23.3. The van der Waals surface area contributed by atoms with Crippen LogP contribution in [-0.4, -0.2) is 48.4 Å². The normalized spacial score (nSPS) is 16.2. The highest BCUT2D eigenvalue weighted by Crippen LogP contribution is 2.36. The second kappa shape index (κ2) is 10.4. The third kappa shape index (κ3) is 5.54. The van der Waals surface area contributed by atoms with Gasteiger partial charge in [-0.25, -0.2) is 0 Å². The number of halogens is 2. The monoisotopic (exact) mass is 488 g/mol. The summed E-state index contributed by atoms with van der Waals surface area (Å²) in [5.74, 6) is 0.131. The molecule has 2 heterocycles. The molecule has 0 spiro atoms. The van der Waals surface area contributed by atoms with Crippen LogP contribution in [0.2, 0.25) is 0 Å². The zero-order chi connectivity index (χ0) is 24.1. The summed E-state index contributed by atoms with van der Waals surface area (Å²) >= 11 is 0.807. The molecule has 3 amide bonds. The van der Waals surface area contributed by atoms with Crippen LogP contribution in [0.25, 0.3) is 12.2 Å². The van der Waals surface area contributed by atoms with Crippen molar-refractivity contribution in [1.29, 1.82) is 0 Å². The molecule has 2 aromatic rings. The van der Waals surface area contributed by atoms with E-state index in [9.17, 15) is 23.2 Å². The molecule has 1 N–H and O–H groups in total. The lowest BCUT2D eigenvalue weighted by Gasteiger charge is -2.12. The third-order valence-electron chi connectivity index (χ3n) is 4.75. The Morgan fingerprint density at radius 2 is 1.97 bits per heavy atom. The summed E-state index contributed by atoms with van der Waals surface area (Å²) in [7, 11) is 0. The number of carbonyl (C=O) groups is 3. The molecule has 0 atom stereocenters. The van der Waals surface area contributed by atoms with Crippen LogP contribution in [0.4, 0.5) is 13.6 Å². The zero-order valence-corrected chi connectivity index (χ0v) is 18.3. The van der Waals surface area contributed by atoms with Crippen molar-refractivity contribution in [3.63, 3.8) is 0 Å². The Morgan fingerprint density at radius 1 is 1.18 bits per heavy atom. The molecule has 4 rings (SSSR count). The SMILES string of the molecule is O=C(/C=C/c1ccccc1OC(F)F)NCCN1C(=O)S/C(=C\c2ccc3c(c2)OCO3)C1=O. The number of imide groups is 1. The van der Waals surface area contributed by atoms with Gasteiger partial charge in [-0.05, 0) is 47.7 Å². The lowest BCUT2D eigenvalue weighted by Crippen LogP contribution is -2.36. The summed E-state index contributed by atoms with van der Waals surface area (Å²) in [6, 6.07) is 11.2. The summed E-state index contributed by atoms with van der Waals surface area (Å²) in [5, 5.41) is 2.11. The fourth-order valence-electron chi connectivity index (χ4n) is 3.18. The molecule has 176 valence electrons. The summed E-state index contributed by atoms with van der Waals surface area (Å²) in [4.78, 5) is 38.3. The van der Waals surface area contributed by atoms with Crippen molar-refractivity contribution in [1.82, 2.24) is 10.2 Å². The van der Waals surface area contributed by atoms with Crippen molar-refractivity contribution < 1.29 is 37.4 Å². The van der Waals surface area contributed by atoms with Crippen LogP contribution >= 0.6 is 11.8 Å². The number of nitrogens with zero attached hydrogens (tertiary/aromatic N) is 1. The minimum Gasteiger partial charge on any atom is -0.454 e. The lowest BCUT2D eigenvalue weighted by molar-refractivity contribution is -0.123. The van der Waals surface area contributed by atoms with Gasteiger partial charge in [0, 0.05) is 24.7 Å². The number of fused-ring (bicyclic) bond motifs is 1. The van der Waals surface area contributed by atoms with Crippen LogP contribution in [0.5, 0.6) is 17.2 Å². The Hall–Kier alpha value is -3.86. The molecular formula is C23H18F2N2O6S. The molecule has 0 aromatic heterocycles. The van der Waals surface area contributed by atoms with E-state index in [2.05, 4.69) is 10.1 Å². The molecule has 2 aromatic carbocycles. The number of thioether (sulfide) groups is 1. The second-order valence-corrected chi connectivity index (χ2v) is 7.98. The van der Waals surface area contributed by atoms with Crippen LogP contribution in [0.15, 0.2) is 53.4 Å². The average molecular weight is 488 g/mol. The average Bonchev–Trinajstić information content (AvgIpc) is 3.37. The molecule has 1 fully saturated rings. The number of alkyl halides is 2. The Kier molecular flexibility index (Phi) is 7.12. The van der Waals surface area contributed by atoms with Gasteiger partial charge in [-0.15, -0.1) is 0 Å². The number of hydrogen-bond acceptors (Lipinski definition) is 7. The number of ether oxygens (including phenoxy) is 3. The standard InChI is InChI=1S/C23H18F2N2O6S/c24-22(25)33-16-4-2-1-3-15(16)6-8-20(28)26-9-10-27-21(29)19(34-23(27)30)12-14-5-7-17-18(11-14)32-13-31-17/h1-8,11-12,22H,9-10,13H2,(H,26,28)/b8-6+,19-12-. The molecule has 0 saturated carbocycles. The minimum absolute atomic E-state index is 0.0200.